The van der Waals surface area contributed by atoms with E-state index in [1.807, 2.05) is 25.8 Å². The lowest BCUT2D eigenvalue weighted by Crippen LogP contribution is -2.56. The lowest BCUT2D eigenvalue weighted by Gasteiger charge is -2.37. The number of amides is 3. The zero-order valence-corrected chi connectivity index (χ0v) is 33.2. The molecule has 1 saturated carbocycles. The number of ether oxygens (including phenoxy) is 2. The summed E-state index contributed by atoms with van der Waals surface area (Å²) in [4.78, 5) is 73.9. The molecule has 1 aliphatic carbocycles. The number of methoxy groups -OCH3 is 1. The van der Waals surface area contributed by atoms with Gasteiger partial charge in [-0.25, -0.2) is 13.8 Å². The van der Waals surface area contributed by atoms with Crippen LogP contribution in [0.2, 0.25) is 0 Å². The van der Waals surface area contributed by atoms with E-state index in [9.17, 15) is 32.8 Å². The van der Waals surface area contributed by atoms with Gasteiger partial charge in [0.15, 0.2) is 6.10 Å². The Balaban J connectivity index is 1.51. The van der Waals surface area contributed by atoms with Gasteiger partial charge in [0.25, 0.3) is 5.91 Å². The summed E-state index contributed by atoms with van der Waals surface area (Å²) in [5.74, 6) is -3.86. The van der Waals surface area contributed by atoms with Crippen molar-refractivity contribution in [3.63, 3.8) is 0 Å². The van der Waals surface area contributed by atoms with Gasteiger partial charge in [0.1, 0.15) is 28.4 Å². The second-order valence-corrected chi connectivity index (χ2v) is 16.1. The molecular formula is C39H55F2N5O7S. The van der Waals surface area contributed by atoms with Crippen molar-refractivity contribution in [1.29, 1.82) is 0 Å². The lowest BCUT2D eigenvalue weighted by atomic mass is 9.95. The molecule has 12 nitrogen and oxygen atoms in total. The van der Waals surface area contributed by atoms with Crippen molar-refractivity contribution in [3.05, 3.63) is 51.5 Å². The molecule has 0 radical (unpaired) electrons. The number of thiazole rings is 1. The molecule has 1 aliphatic heterocycles. The molecule has 2 N–H and O–H groups in total. The average Bonchev–Trinajstić information content (AvgIpc) is 3.78. The van der Waals surface area contributed by atoms with E-state index in [1.54, 1.807) is 18.9 Å². The molecule has 2 heterocycles. The molecule has 0 spiro atoms. The summed E-state index contributed by atoms with van der Waals surface area (Å²) in [5.41, 5.74) is 0.320. The summed E-state index contributed by atoms with van der Waals surface area (Å²) in [6.45, 7) is 7.67. The zero-order chi connectivity index (χ0) is 39.7. The summed E-state index contributed by atoms with van der Waals surface area (Å²) in [6, 6.07) is 0.987. The first-order chi connectivity index (χ1) is 25.6. The molecule has 15 heteroatoms. The van der Waals surface area contributed by atoms with Gasteiger partial charge in [0.05, 0.1) is 19.1 Å². The maximum atomic E-state index is 14.1. The van der Waals surface area contributed by atoms with Gasteiger partial charge in [-0.05, 0) is 75.2 Å². The van der Waals surface area contributed by atoms with Crippen molar-refractivity contribution < 1.29 is 42.2 Å². The van der Waals surface area contributed by atoms with E-state index in [1.165, 1.54) is 31.5 Å². The summed E-state index contributed by atoms with van der Waals surface area (Å²) < 4.78 is 38.6. The number of hydrogen-bond acceptors (Lipinski definition) is 10. The number of halogens is 2. The van der Waals surface area contributed by atoms with Crippen LogP contribution in [0.15, 0.2) is 23.6 Å². The molecule has 1 aromatic heterocycles. The number of likely N-dealkylation sites (tertiary alicyclic amines) is 1. The third kappa shape index (κ3) is 12.3. The molecule has 0 bridgehead atoms. The number of hydrogen-bond donors (Lipinski definition) is 2. The van der Waals surface area contributed by atoms with Crippen molar-refractivity contribution in [2.75, 3.05) is 27.7 Å². The van der Waals surface area contributed by atoms with Gasteiger partial charge in [-0.15, -0.1) is 11.3 Å². The maximum Gasteiger partial charge on any atom is 0.308 e. The first-order valence-electron chi connectivity index (χ1n) is 18.8. The van der Waals surface area contributed by atoms with Crippen LogP contribution >= 0.6 is 11.3 Å². The molecule has 3 amide bonds. The van der Waals surface area contributed by atoms with E-state index in [4.69, 9.17) is 9.47 Å². The Kier molecular flexibility index (Phi) is 15.5. The van der Waals surface area contributed by atoms with Crippen LogP contribution in [-0.4, -0.2) is 96.4 Å². The summed E-state index contributed by atoms with van der Waals surface area (Å²) in [5, 5.41) is 7.79. The van der Waals surface area contributed by atoms with E-state index >= 15 is 0 Å². The normalized spacial score (nSPS) is 18.9. The van der Waals surface area contributed by atoms with Crippen LogP contribution in [0, 0.1) is 29.4 Å². The molecule has 6 atom stereocenters. The monoisotopic (exact) mass is 775 g/mol. The van der Waals surface area contributed by atoms with Gasteiger partial charge in [-0.2, -0.15) is 0 Å². The fourth-order valence-corrected chi connectivity index (χ4v) is 8.06. The molecule has 4 rings (SSSR count). The molecule has 298 valence electrons. The Hall–Kier alpha value is -3.98. The standard InChI is InChI=1S/C39H55F2N5O7S/c1-22(2)33(46(6)38(50)30(18-25-11-12-25)43-36(49)32-10-8-9-13-45(32)5)20-34(53-24(4)47)37-44-31(21-54-37)35(48)42-29(14-23(3)39(51)52-7)17-26-15-27(40)19-28(41)16-26/h15-16,19,21-23,25,29-30,32-34H,8-14,17-18,20H2,1-7H3,(H,42,48)(H,43,49)/t23-,29+,30-,32+,33+,34+/m0/s1. The minimum absolute atomic E-state index is 0.0266. The van der Waals surface area contributed by atoms with Crippen molar-refractivity contribution in [1.82, 2.24) is 25.4 Å². The number of nitrogens with zero attached hydrogens (tertiary/aromatic N) is 3. The van der Waals surface area contributed by atoms with Crippen LogP contribution in [0.5, 0.6) is 0 Å². The number of carbonyl (C=O) groups is 5. The van der Waals surface area contributed by atoms with Gasteiger partial charge in [-0.3, -0.25) is 28.9 Å². The van der Waals surface area contributed by atoms with Crippen LogP contribution in [0.25, 0.3) is 0 Å². The first kappa shape index (κ1) is 42.8. The van der Waals surface area contributed by atoms with E-state index in [2.05, 4.69) is 15.6 Å². The fourth-order valence-electron chi connectivity index (χ4n) is 7.22. The molecule has 2 fully saturated rings. The first-order valence-corrected chi connectivity index (χ1v) is 19.7. The van der Waals surface area contributed by atoms with E-state index in [0.717, 1.165) is 56.1 Å². The highest BCUT2D eigenvalue weighted by atomic mass is 32.1. The lowest BCUT2D eigenvalue weighted by molar-refractivity contribution is -0.149. The van der Waals surface area contributed by atoms with Crippen molar-refractivity contribution in [2.45, 2.75) is 116 Å². The molecule has 1 aromatic carbocycles. The highest BCUT2D eigenvalue weighted by Gasteiger charge is 2.38. The number of rotatable bonds is 18. The van der Waals surface area contributed by atoms with Gasteiger partial charge in [0.2, 0.25) is 11.8 Å². The summed E-state index contributed by atoms with van der Waals surface area (Å²) in [6.07, 6.45) is 4.78. The number of benzene rings is 1. The molecule has 2 aromatic rings. The largest absolute Gasteiger partial charge is 0.469 e. The Bertz CT molecular complexity index is 1620. The number of likely N-dealkylation sites (N-methyl/N-ethyl adjacent to an activating group) is 2. The Morgan fingerprint density at radius 1 is 1.02 bits per heavy atom. The van der Waals surface area contributed by atoms with Crippen LogP contribution in [0.3, 0.4) is 0 Å². The van der Waals surface area contributed by atoms with E-state index in [0.29, 0.717) is 22.9 Å². The minimum Gasteiger partial charge on any atom is -0.469 e. The molecule has 1 saturated heterocycles. The number of piperidine rings is 1. The summed E-state index contributed by atoms with van der Waals surface area (Å²) >= 11 is 1.12. The van der Waals surface area contributed by atoms with Crippen molar-refractivity contribution in [3.8, 4) is 0 Å². The Morgan fingerprint density at radius 3 is 2.30 bits per heavy atom. The minimum atomic E-state index is -0.894. The van der Waals surface area contributed by atoms with Gasteiger partial charge < -0.3 is 25.0 Å². The predicted octanol–water partition coefficient (Wildman–Crippen LogP) is 5.21. The number of esters is 2. The van der Waals surface area contributed by atoms with Crippen molar-refractivity contribution >= 4 is 41.0 Å². The molecule has 2 aliphatic rings. The van der Waals surface area contributed by atoms with Crippen LogP contribution < -0.4 is 10.6 Å². The second kappa shape index (κ2) is 19.6. The Morgan fingerprint density at radius 2 is 1.70 bits per heavy atom. The van der Waals surface area contributed by atoms with Crippen LogP contribution in [0.1, 0.15) is 106 Å². The zero-order valence-electron chi connectivity index (χ0n) is 32.4. The quantitative estimate of drug-likeness (QED) is 0.195. The highest BCUT2D eigenvalue weighted by Crippen LogP contribution is 2.35. The predicted molar refractivity (Wildman–Crippen MR) is 199 cm³/mol. The second-order valence-electron chi connectivity index (χ2n) is 15.2. The number of carbonyl (C=O) groups excluding carboxylic acids is 5. The Labute approximate surface area is 320 Å². The van der Waals surface area contributed by atoms with Gasteiger partial charge in [-0.1, -0.05) is 40.0 Å². The third-order valence-corrected chi connectivity index (χ3v) is 11.3. The van der Waals surface area contributed by atoms with Crippen LogP contribution in [0.4, 0.5) is 8.78 Å². The average molecular weight is 776 g/mol. The summed E-state index contributed by atoms with van der Waals surface area (Å²) in [7, 11) is 4.89. The maximum absolute atomic E-state index is 14.1. The number of nitrogens with one attached hydrogen (secondary N) is 2. The molecule has 0 unspecified atom stereocenters. The smallest absolute Gasteiger partial charge is 0.308 e. The molecule has 54 heavy (non-hydrogen) atoms. The molecular weight excluding hydrogens is 721 g/mol. The van der Waals surface area contributed by atoms with Gasteiger partial charge >= 0.3 is 11.9 Å². The highest BCUT2D eigenvalue weighted by molar-refractivity contribution is 7.09. The van der Waals surface area contributed by atoms with E-state index < -0.39 is 59.6 Å². The van der Waals surface area contributed by atoms with Gasteiger partial charge in [0, 0.05) is 43.9 Å². The topological polar surface area (TPSA) is 147 Å². The third-order valence-electron chi connectivity index (χ3n) is 10.3. The van der Waals surface area contributed by atoms with Crippen LogP contribution in [-0.2, 0) is 35.1 Å². The SMILES string of the molecule is COC(=O)[C@@H](C)C[C@H](Cc1cc(F)cc(F)c1)NC(=O)c1csc([C@@H](C[C@H](C(C)C)N(C)C(=O)[C@H](CC2CC2)NC(=O)[C@H]2CCCCN2C)OC(C)=O)n1. The van der Waals surface area contributed by atoms with E-state index in [-0.39, 0.29) is 48.7 Å². The fraction of sp³-hybridized carbons (Fsp3) is 0.641. The van der Waals surface area contributed by atoms with Crippen molar-refractivity contribution in [2.24, 2.45) is 17.8 Å². The number of aromatic nitrogens is 1.